The van der Waals surface area contributed by atoms with Gasteiger partial charge in [-0.2, -0.15) is 0 Å². The Labute approximate surface area is 244 Å². The van der Waals surface area contributed by atoms with Gasteiger partial charge in [0.1, 0.15) is 6.10 Å². The number of morpholine rings is 1. The molecule has 2 aromatic carbocycles. The second-order valence-corrected chi connectivity index (χ2v) is 10.9. The van der Waals surface area contributed by atoms with Gasteiger partial charge in [0.25, 0.3) is 11.5 Å². The second kappa shape index (κ2) is 12.2. The van der Waals surface area contributed by atoms with Gasteiger partial charge >= 0.3 is 0 Å². The third kappa shape index (κ3) is 5.69. The molecule has 1 aliphatic carbocycles. The molecule has 9 heteroatoms. The maximum atomic E-state index is 14.4. The van der Waals surface area contributed by atoms with E-state index in [4.69, 9.17) is 4.74 Å². The molecule has 0 radical (unpaired) electrons. The summed E-state index contributed by atoms with van der Waals surface area (Å²) in [5, 5.41) is 0. The molecule has 1 amide bonds. The van der Waals surface area contributed by atoms with Crippen molar-refractivity contribution in [2.45, 2.75) is 44.2 Å². The average Bonchev–Trinajstić information content (AvgIpc) is 3.04. The van der Waals surface area contributed by atoms with Crippen LogP contribution in [0.5, 0.6) is 0 Å². The molecular weight excluding hydrogens is 533 g/mol. The van der Waals surface area contributed by atoms with E-state index >= 15 is 0 Å². The number of hydrogen-bond donors (Lipinski definition) is 0. The maximum Gasteiger partial charge on any atom is 0.258 e. The van der Waals surface area contributed by atoms with Gasteiger partial charge in [-0.15, -0.1) is 0 Å². The van der Waals surface area contributed by atoms with Crippen molar-refractivity contribution in [1.82, 2.24) is 14.5 Å². The van der Waals surface area contributed by atoms with E-state index in [1.165, 1.54) is 29.3 Å². The zero-order valence-corrected chi connectivity index (χ0v) is 23.7. The average molecular weight is 568 g/mol. The van der Waals surface area contributed by atoms with Gasteiger partial charge in [-0.25, -0.2) is 9.37 Å². The quantitative estimate of drug-likeness (QED) is 0.305. The fraction of sp³-hybridized carbons (Fsp3) is 0.333. The standard InChI is InChI=1S/C33H34FN5O3/c1-37-31(40)20-29(27-16-17-35-21-28(27)34)36-33(37)38-18-19-42-30(22-38)23-12-14-26(15-13-23)39(25-10-6-3-7-11-25)32(41)24-8-4-2-5-9-24/h2,4-5,8-9,12-17,20-21,25,30H,3,6-7,10-11,18-19,22H2,1H3/t30-/m1/s1. The van der Waals surface area contributed by atoms with Crippen LogP contribution >= 0.6 is 0 Å². The Bertz CT molecular complexity index is 1600. The van der Waals surface area contributed by atoms with Crippen molar-refractivity contribution >= 4 is 17.5 Å². The first-order chi connectivity index (χ1) is 20.5. The summed E-state index contributed by atoms with van der Waals surface area (Å²) in [6, 6.07) is 20.5. The van der Waals surface area contributed by atoms with E-state index in [1.807, 2.05) is 64.4 Å². The summed E-state index contributed by atoms with van der Waals surface area (Å²) < 4.78 is 22.1. The minimum Gasteiger partial charge on any atom is -0.370 e. The first-order valence-electron chi connectivity index (χ1n) is 14.5. The maximum absolute atomic E-state index is 14.4. The number of carbonyl (C=O) groups excluding carboxylic acids is 1. The summed E-state index contributed by atoms with van der Waals surface area (Å²) in [6.07, 6.45) is 7.78. The van der Waals surface area contributed by atoms with Gasteiger partial charge in [0.15, 0.2) is 5.82 Å². The van der Waals surface area contributed by atoms with Gasteiger partial charge in [0.05, 0.1) is 25.0 Å². The Balaban J connectivity index is 1.25. The molecule has 6 rings (SSSR count). The molecule has 1 aliphatic heterocycles. The van der Waals surface area contributed by atoms with E-state index in [9.17, 15) is 14.0 Å². The molecule has 0 unspecified atom stereocenters. The molecule has 42 heavy (non-hydrogen) atoms. The zero-order valence-electron chi connectivity index (χ0n) is 23.7. The minimum atomic E-state index is -0.530. The van der Waals surface area contributed by atoms with Crippen molar-refractivity contribution in [1.29, 1.82) is 0 Å². The van der Waals surface area contributed by atoms with Gasteiger partial charge < -0.3 is 14.5 Å². The fourth-order valence-corrected chi connectivity index (χ4v) is 5.97. The monoisotopic (exact) mass is 567 g/mol. The molecular formula is C33H34FN5O3. The third-order valence-electron chi connectivity index (χ3n) is 8.23. The molecule has 3 heterocycles. The van der Waals surface area contributed by atoms with E-state index in [0.717, 1.165) is 43.1 Å². The summed E-state index contributed by atoms with van der Waals surface area (Å²) in [4.78, 5) is 38.9. The van der Waals surface area contributed by atoms with Crippen molar-refractivity contribution in [2.75, 3.05) is 29.5 Å². The fourth-order valence-electron chi connectivity index (χ4n) is 5.97. The van der Waals surface area contributed by atoms with Gasteiger partial charge in [0, 0.05) is 48.7 Å². The van der Waals surface area contributed by atoms with Gasteiger partial charge in [-0.05, 0) is 48.7 Å². The van der Waals surface area contributed by atoms with Gasteiger partial charge in [-0.1, -0.05) is 49.6 Å². The van der Waals surface area contributed by atoms with Crippen LogP contribution in [0.2, 0.25) is 0 Å². The lowest BCUT2D eigenvalue weighted by Crippen LogP contribution is -2.42. The van der Waals surface area contributed by atoms with Gasteiger partial charge in [0.2, 0.25) is 5.95 Å². The molecule has 1 saturated carbocycles. The number of carbonyl (C=O) groups is 1. The normalized spacial score (nSPS) is 17.7. The van der Waals surface area contributed by atoms with Crippen molar-refractivity contribution in [3.05, 3.63) is 106 Å². The lowest BCUT2D eigenvalue weighted by molar-refractivity contribution is 0.0390. The van der Waals surface area contributed by atoms with E-state index < -0.39 is 5.82 Å². The molecule has 0 spiro atoms. The van der Waals surface area contributed by atoms with Crippen LogP contribution in [-0.2, 0) is 11.8 Å². The molecule has 2 aromatic heterocycles. The van der Waals surface area contributed by atoms with Crippen LogP contribution < -0.4 is 15.4 Å². The molecule has 1 atom stereocenters. The summed E-state index contributed by atoms with van der Waals surface area (Å²) in [5.74, 6) is -0.0550. The lowest BCUT2D eigenvalue weighted by atomic mass is 9.93. The number of nitrogens with zero attached hydrogens (tertiary/aromatic N) is 5. The molecule has 8 nitrogen and oxygen atoms in total. The predicted octanol–water partition coefficient (Wildman–Crippen LogP) is 5.54. The Morgan fingerprint density at radius 1 is 1.02 bits per heavy atom. The van der Waals surface area contributed by atoms with Crippen LogP contribution in [0.15, 0.2) is 83.9 Å². The Hall–Kier alpha value is -4.37. The SMILES string of the molecule is Cn1c(N2CCO[C@@H](c3ccc(N(C(=O)c4ccccc4)C4CCCCC4)cc3)C2)nc(-c2ccncc2F)cc1=O. The number of halogens is 1. The smallest absolute Gasteiger partial charge is 0.258 e. The topological polar surface area (TPSA) is 80.6 Å². The predicted molar refractivity (Wildman–Crippen MR) is 160 cm³/mol. The number of hydrogen-bond acceptors (Lipinski definition) is 6. The molecule has 216 valence electrons. The van der Waals surface area contributed by atoms with Crippen LogP contribution in [0.4, 0.5) is 16.0 Å². The minimum absolute atomic E-state index is 0.0212. The Morgan fingerprint density at radius 2 is 1.79 bits per heavy atom. The highest BCUT2D eigenvalue weighted by Crippen LogP contribution is 2.32. The van der Waals surface area contributed by atoms with E-state index in [0.29, 0.717) is 31.2 Å². The number of ether oxygens (including phenoxy) is 1. The Morgan fingerprint density at radius 3 is 2.52 bits per heavy atom. The lowest BCUT2D eigenvalue weighted by Gasteiger charge is -2.36. The number of benzene rings is 2. The van der Waals surface area contributed by atoms with E-state index in [2.05, 4.69) is 9.97 Å². The van der Waals surface area contributed by atoms with E-state index in [1.54, 1.807) is 7.05 Å². The van der Waals surface area contributed by atoms with Crippen molar-refractivity contribution in [2.24, 2.45) is 7.05 Å². The number of rotatable bonds is 6. The Kier molecular flexibility index (Phi) is 8.10. The van der Waals surface area contributed by atoms with Crippen molar-refractivity contribution < 1.29 is 13.9 Å². The van der Waals surface area contributed by atoms with Gasteiger partial charge in [-0.3, -0.25) is 19.1 Å². The molecule has 2 aliphatic rings. The molecule has 0 bridgehead atoms. The molecule has 1 saturated heterocycles. The van der Waals surface area contributed by atoms with Crippen LogP contribution in [0.3, 0.4) is 0 Å². The van der Waals surface area contributed by atoms with Crippen LogP contribution in [0, 0.1) is 5.82 Å². The highest BCUT2D eigenvalue weighted by atomic mass is 19.1. The van der Waals surface area contributed by atoms with Crippen LogP contribution in [0.25, 0.3) is 11.3 Å². The molecule has 4 aromatic rings. The van der Waals surface area contributed by atoms with E-state index in [-0.39, 0.29) is 34.9 Å². The third-order valence-corrected chi connectivity index (χ3v) is 8.23. The number of anilines is 2. The first kappa shape index (κ1) is 27.8. The summed E-state index contributed by atoms with van der Waals surface area (Å²) in [5.41, 5.74) is 2.77. The second-order valence-electron chi connectivity index (χ2n) is 10.9. The first-order valence-corrected chi connectivity index (χ1v) is 14.5. The number of amides is 1. The molecule has 2 fully saturated rings. The zero-order chi connectivity index (χ0) is 29.1. The number of aromatic nitrogens is 3. The highest BCUT2D eigenvalue weighted by molar-refractivity contribution is 6.06. The van der Waals surface area contributed by atoms with Crippen LogP contribution in [0.1, 0.15) is 54.1 Å². The largest absolute Gasteiger partial charge is 0.370 e. The number of pyridine rings is 1. The van der Waals surface area contributed by atoms with Crippen LogP contribution in [-0.4, -0.2) is 46.2 Å². The molecule has 0 N–H and O–H groups in total. The highest BCUT2D eigenvalue weighted by Gasteiger charge is 2.29. The summed E-state index contributed by atoms with van der Waals surface area (Å²) in [7, 11) is 1.67. The summed E-state index contributed by atoms with van der Waals surface area (Å²) >= 11 is 0. The summed E-state index contributed by atoms with van der Waals surface area (Å²) in [6.45, 7) is 1.45. The van der Waals surface area contributed by atoms with Crippen molar-refractivity contribution in [3.8, 4) is 11.3 Å². The van der Waals surface area contributed by atoms with Crippen molar-refractivity contribution in [3.63, 3.8) is 0 Å².